The fraction of sp³-hybridized carbons (Fsp3) is 0.226. The van der Waals surface area contributed by atoms with Gasteiger partial charge in [-0.3, -0.25) is 9.59 Å². The number of fused-ring (bicyclic) bond motifs is 1. The second-order valence-corrected chi connectivity index (χ2v) is 9.86. The fourth-order valence-electron chi connectivity index (χ4n) is 4.30. The first-order valence-corrected chi connectivity index (χ1v) is 13.4. The molecule has 0 saturated heterocycles. The van der Waals surface area contributed by atoms with E-state index >= 15 is 0 Å². The van der Waals surface area contributed by atoms with Gasteiger partial charge in [0.2, 0.25) is 5.91 Å². The molecule has 38 heavy (non-hydrogen) atoms. The third-order valence-corrected chi connectivity index (χ3v) is 6.86. The van der Waals surface area contributed by atoms with Crippen molar-refractivity contribution in [3.63, 3.8) is 0 Å². The predicted octanol–water partition coefficient (Wildman–Crippen LogP) is 6.69. The molecule has 0 aliphatic carbocycles. The van der Waals surface area contributed by atoms with E-state index in [0.29, 0.717) is 34.3 Å². The maximum Gasteiger partial charge on any atom is 0.261 e. The largest absolute Gasteiger partial charge is 0.483 e. The number of ether oxygens (including phenoxy) is 1. The number of hydrogen-bond donors (Lipinski definition) is 1. The van der Waals surface area contributed by atoms with E-state index in [-0.39, 0.29) is 25.0 Å². The standard InChI is InChI=1S/C31H30Cl2N2O3/c1-2-17-34-31(37)28(18-22-9-4-3-5-10-22)35(20-24-15-16-25(32)19-27(24)33)30(36)21-38-29-14-8-12-23-11-6-7-13-26(23)29/h3-16,19,28H,2,17-18,20-21H2,1H3,(H,34,37). The lowest BCUT2D eigenvalue weighted by atomic mass is 10.0. The van der Waals surface area contributed by atoms with E-state index in [1.54, 1.807) is 23.1 Å². The van der Waals surface area contributed by atoms with Crippen LogP contribution in [0, 0.1) is 0 Å². The second-order valence-electron chi connectivity index (χ2n) is 9.02. The molecule has 0 aliphatic heterocycles. The average molecular weight is 549 g/mol. The molecule has 2 amide bonds. The van der Waals surface area contributed by atoms with Crippen LogP contribution in [0.25, 0.3) is 10.8 Å². The molecule has 196 valence electrons. The fourth-order valence-corrected chi connectivity index (χ4v) is 4.77. The highest BCUT2D eigenvalue weighted by atomic mass is 35.5. The number of amides is 2. The van der Waals surface area contributed by atoms with Crippen molar-refractivity contribution in [3.8, 4) is 5.75 Å². The molecule has 0 fully saturated rings. The van der Waals surface area contributed by atoms with Gasteiger partial charge < -0.3 is 15.0 Å². The van der Waals surface area contributed by atoms with Crippen molar-refractivity contribution in [2.45, 2.75) is 32.4 Å². The molecule has 1 atom stereocenters. The monoisotopic (exact) mass is 548 g/mol. The highest BCUT2D eigenvalue weighted by molar-refractivity contribution is 6.35. The molecule has 0 aliphatic rings. The average Bonchev–Trinajstić information content (AvgIpc) is 2.93. The predicted molar refractivity (Wildman–Crippen MR) is 154 cm³/mol. The first-order chi connectivity index (χ1) is 18.5. The number of carbonyl (C=O) groups excluding carboxylic acids is 2. The number of hydrogen-bond acceptors (Lipinski definition) is 3. The van der Waals surface area contributed by atoms with Crippen LogP contribution >= 0.6 is 23.2 Å². The Morgan fingerprint density at radius 3 is 2.42 bits per heavy atom. The van der Waals surface area contributed by atoms with Gasteiger partial charge in [0.15, 0.2) is 6.61 Å². The third-order valence-electron chi connectivity index (χ3n) is 6.28. The number of halogens is 2. The van der Waals surface area contributed by atoms with Crippen molar-refractivity contribution in [2.75, 3.05) is 13.2 Å². The molecular formula is C31H30Cl2N2O3. The third kappa shape index (κ3) is 7.06. The van der Waals surface area contributed by atoms with Gasteiger partial charge in [0.25, 0.3) is 5.91 Å². The van der Waals surface area contributed by atoms with Gasteiger partial charge in [-0.15, -0.1) is 0 Å². The highest BCUT2D eigenvalue weighted by Crippen LogP contribution is 2.27. The summed E-state index contributed by atoms with van der Waals surface area (Å²) in [7, 11) is 0. The minimum Gasteiger partial charge on any atom is -0.483 e. The van der Waals surface area contributed by atoms with Crippen LogP contribution in [0.3, 0.4) is 0 Å². The van der Waals surface area contributed by atoms with Crippen molar-refractivity contribution in [3.05, 3.63) is 112 Å². The normalized spacial score (nSPS) is 11.7. The molecule has 0 saturated carbocycles. The molecule has 0 heterocycles. The summed E-state index contributed by atoms with van der Waals surface area (Å²) < 4.78 is 6.03. The minimum atomic E-state index is -0.765. The van der Waals surface area contributed by atoms with Crippen LogP contribution in [0.15, 0.2) is 91.0 Å². The molecule has 0 bridgehead atoms. The number of benzene rings is 4. The van der Waals surface area contributed by atoms with Gasteiger partial charge in [0.05, 0.1) is 0 Å². The van der Waals surface area contributed by atoms with Crippen molar-refractivity contribution in [1.82, 2.24) is 10.2 Å². The maximum atomic E-state index is 13.8. The van der Waals surface area contributed by atoms with E-state index in [2.05, 4.69) is 5.32 Å². The zero-order chi connectivity index (χ0) is 26.9. The zero-order valence-corrected chi connectivity index (χ0v) is 22.7. The maximum absolute atomic E-state index is 13.8. The van der Waals surface area contributed by atoms with Crippen LogP contribution in [0.4, 0.5) is 0 Å². The SMILES string of the molecule is CCCNC(=O)C(Cc1ccccc1)N(Cc1ccc(Cl)cc1Cl)C(=O)COc1cccc2ccccc12. The van der Waals surface area contributed by atoms with E-state index in [4.69, 9.17) is 27.9 Å². The number of nitrogens with one attached hydrogen (secondary N) is 1. The number of nitrogens with zero attached hydrogens (tertiary/aromatic N) is 1. The Balaban J connectivity index is 1.65. The van der Waals surface area contributed by atoms with Crippen LogP contribution < -0.4 is 10.1 Å². The summed E-state index contributed by atoms with van der Waals surface area (Å²) >= 11 is 12.6. The smallest absolute Gasteiger partial charge is 0.261 e. The van der Waals surface area contributed by atoms with E-state index in [1.165, 1.54) is 0 Å². The van der Waals surface area contributed by atoms with Gasteiger partial charge in [0.1, 0.15) is 11.8 Å². The van der Waals surface area contributed by atoms with E-state index in [0.717, 1.165) is 22.8 Å². The summed E-state index contributed by atoms with van der Waals surface area (Å²) in [6, 6.07) is 27.6. The Labute approximate surface area is 233 Å². The molecule has 1 N–H and O–H groups in total. The van der Waals surface area contributed by atoms with Crippen LogP contribution in [0.2, 0.25) is 10.0 Å². The Hall–Kier alpha value is -3.54. The number of carbonyl (C=O) groups is 2. The van der Waals surface area contributed by atoms with E-state index < -0.39 is 6.04 Å². The van der Waals surface area contributed by atoms with Gasteiger partial charge in [0, 0.05) is 34.9 Å². The van der Waals surface area contributed by atoms with Crippen LogP contribution in [0.5, 0.6) is 5.75 Å². The molecule has 7 heteroatoms. The zero-order valence-electron chi connectivity index (χ0n) is 21.2. The Kier molecular flexibility index (Phi) is 9.63. The van der Waals surface area contributed by atoms with Gasteiger partial charge in [-0.2, -0.15) is 0 Å². The summed E-state index contributed by atoms with van der Waals surface area (Å²) in [4.78, 5) is 28.8. The lowest BCUT2D eigenvalue weighted by molar-refractivity contribution is -0.142. The molecule has 0 radical (unpaired) electrons. The van der Waals surface area contributed by atoms with Crippen molar-refractivity contribution in [2.24, 2.45) is 0 Å². The van der Waals surface area contributed by atoms with Crippen molar-refractivity contribution < 1.29 is 14.3 Å². The summed E-state index contributed by atoms with van der Waals surface area (Å²) in [5.41, 5.74) is 1.63. The summed E-state index contributed by atoms with van der Waals surface area (Å²) in [5.74, 6) is 0.0619. The first kappa shape index (κ1) is 27.5. The number of rotatable bonds is 11. The van der Waals surface area contributed by atoms with Gasteiger partial charge >= 0.3 is 0 Å². The molecule has 0 aromatic heterocycles. The highest BCUT2D eigenvalue weighted by Gasteiger charge is 2.31. The van der Waals surface area contributed by atoms with Gasteiger partial charge in [-0.25, -0.2) is 0 Å². The topological polar surface area (TPSA) is 58.6 Å². The molecular weight excluding hydrogens is 519 g/mol. The van der Waals surface area contributed by atoms with Crippen LogP contribution in [-0.2, 0) is 22.6 Å². The van der Waals surface area contributed by atoms with Crippen molar-refractivity contribution >= 4 is 45.8 Å². The molecule has 0 spiro atoms. The molecule has 4 aromatic carbocycles. The summed E-state index contributed by atoms with van der Waals surface area (Å²) in [6.07, 6.45) is 1.13. The lowest BCUT2D eigenvalue weighted by Crippen LogP contribution is -2.51. The Morgan fingerprint density at radius 2 is 1.66 bits per heavy atom. The quantitative estimate of drug-likeness (QED) is 0.227. The second kappa shape index (κ2) is 13.3. The lowest BCUT2D eigenvalue weighted by Gasteiger charge is -2.31. The summed E-state index contributed by atoms with van der Waals surface area (Å²) in [5, 5.41) is 5.82. The van der Waals surface area contributed by atoms with E-state index in [9.17, 15) is 9.59 Å². The summed E-state index contributed by atoms with van der Waals surface area (Å²) in [6.45, 7) is 2.40. The first-order valence-electron chi connectivity index (χ1n) is 12.6. The molecule has 4 aromatic rings. The van der Waals surface area contributed by atoms with E-state index in [1.807, 2.05) is 79.7 Å². The molecule has 1 unspecified atom stereocenters. The molecule has 4 rings (SSSR count). The Morgan fingerprint density at radius 1 is 0.921 bits per heavy atom. The van der Waals surface area contributed by atoms with Crippen LogP contribution in [0.1, 0.15) is 24.5 Å². The van der Waals surface area contributed by atoms with Crippen molar-refractivity contribution in [1.29, 1.82) is 0 Å². The minimum absolute atomic E-state index is 0.130. The Bertz CT molecular complexity index is 1390. The van der Waals surface area contributed by atoms with Gasteiger partial charge in [-0.05, 0) is 41.1 Å². The van der Waals surface area contributed by atoms with Crippen LogP contribution in [-0.4, -0.2) is 35.9 Å². The van der Waals surface area contributed by atoms with Gasteiger partial charge in [-0.1, -0.05) is 103 Å². The molecule has 5 nitrogen and oxygen atoms in total.